The first-order valence-electron chi connectivity index (χ1n) is 10.6. The van der Waals surface area contributed by atoms with Crippen molar-refractivity contribution in [1.82, 2.24) is 10.6 Å². The van der Waals surface area contributed by atoms with Crippen molar-refractivity contribution in [3.05, 3.63) is 59.7 Å². The molecule has 2 aromatic rings. The van der Waals surface area contributed by atoms with Gasteiger partial charge in [0, 0.05) is 12.0 Å². The van der Waals surface area contributed by atoms with Gasteiger partial charge in [-0.25, -0.2) is 4.79 Å². The number of rotatable bonds is 6. The van der Waals surface area contributed by atoms with E-state index in [1.54, 1.807) is 6.92 Å². The predicted molar refractivity (Wildman–Crippen MR) is 115 cm³/mol. The van der Waals surface area contributed by atoms with E-state index in [9.17, 15) is 14.4 Å². The molecule has 2 amide bonds. The molecule has 0 bridgehead atoms. The second-order valence-corrected chi connectivity index (χ2v) is 8.25. The molecule has 2 aromatic carbocycles. The highest BCUT2D eigenvalue weighted by molar-refractivity contribution is 5.85. The van der Waals surface area contributed by atoms with E-state index >= 15 is 0 Å². The summed E-state index contributed by atoms with van der Waals surface area (Å²) in [5, 5.41) is 14.5. The Morgan fingerprint density at radius 2 is 1.65 bits per heavy atom. The number of carboxylic acids is 1. The minimum absolute atomic E-state index is 0.0475. The van der Waals surface area contributed by atoms with Gasteiger partial charge in [0.25, 0.3) is 0 Å². The van der Waals surface area contributed by atoms with Gasteiger partial charge >= 0.3 is 12.1 Å². The number of benzene rings is 2. The average Bonchev–Trinajstić information content (AvgIpc) is 3.35. The van der Waals surface area contributed by atoms with Gasteiger partial charge in [0.05, 0.1) is 5.92 Å². The highest BCUT2D eigenvalue weighted by atomic mass is 16.5. The molecule has 1 saturated carbocycles. The highest BCUT2D eigenvalue weighted by Crippen LogP contribution is 2.44. The Morgan fingerprint density at radius 3 is 2.23 bits per heavy atom. The third kappa shape index (κ3) is 4.40. The number of ether oxygens (including phenoxy) is 1. The first-order chi connectivity index (χ1) is 14.9. The van der Waals surface area contributed by atoms with E-state index < -0.39 is 24.0 Å². The normalized spacial score (nSPS) is 20.4. The van der Waals surface area contributed by atoms with Gasteiger partial charge < -0.3 is 20.5 Å². The summed E-state index contributed by atoms with van der Waals surface area (Å²) in [6.07, 6.45) is 0.937. The summed E-state index contributed by atoms with van der Waals surface area (Å²) in [6, 6.07) is 15.2. The Labute approximate surface area is 180 Å². The molecule has 0 spiro atoms. The lowest BCUT2D eigenvalue weighted by Gasteiger charge is -2.19. The summed E-state index contributed by atoms with van der Waals surface area (Å²) in [5.74, 6) is -1.64. The average molecular weight is 422 g/mol. The molecule has 7 heteroatoms. The van der Waals surface area contributed by atoms with Gasteiger partial charge in [-0.1, -0.05) is 48.5 Å². The van der Waals surface area contributed by atoms with Crippen molar-refractivity contribution < 1.29 is 24.2 Å². The summed E-state index contributed by atoms with van der Waals surface area (Å²) in [7, 11) is 0. The number of carbonyl (C=O) groups is 3. The molecule has 0 aliphatic heterocycles. The molecule has 2 aliphatic rings. The van der Waals surface area contributed by atoms with E-state index in [0.717, 1.165) is 22.3 Å². The zero-order chi connectivity index (χ0) is 22.0. The Morgan fingerprint density at radius 1 is 1.03 bits per heavy atom. The van der Waals surface area contributed by atoms with Crippen molar-refractivity contribution in [3.63, 3.8) is 0 Å². The fourth-order valence-corrected chi connectivity index (χ4v) is 4.55. The molecular formula is C24H26N2O5. The van der Waals surface area contributed by atoms with E-state index in [-0.39, 0.29) is 24.5 Å². The van der Waals surface area contributed by atoms with Crippen LogP contribution in [0.25, 0.3) is 11.1 Å². The smallest absolute Gasteiger partial charge is 0.407 e. The van der Waals surface area contributed by atoms with Gasteiger partial charge in [0.15, 0.2) is 0 Å². The van der Waals surface area contributed by atoms with Crippen LogP contribution in [0.5, 0.6) is 0 Å². The Kier molecular flexibility index (Phi) is 5.93. The number of hydrogen-bond acceptors (Lipinski definition) is 4. The van der Waals surface area contributed by atoms with Crippen LogP contribution in [0.1, 0.15) is 43.2 Å². The third-order valence-electron chi connectivity index (χ3n) is 6.20. The number of nitrogens with one attached hydrogen (secondary N) is 2. The number of fused-ring (bicyclic) bond motifs is 3. The molecule has 0 radical (unpaired) electrons. The summed E-state index contributed by atoms with van der Waals surface area (Å²) in [5.41, 5.74) is 4.54. The minimum atomic E-state index is -0.832. The molecular weight excluding hydrogens is 396 g/mol. The summed E-state index contributed by atoms with van der Waals surface area (Å²) in [4.78, 5) is 35.8. The summed E-state index contributed by atoms with van der Waals surface area (Å²) in [6.45, 7) is 1.76. The van der Waals surface area contributed by atoms with Gasteiger partial charge in [0.1, 0.15) is 12.6 Å². The summed E-state index contributed by atoms with van der Waals surface area (Å²) < 4.78 is 5.47. The zero-order valence-corrected chi connectivity index (χ0v) is 17.3. The molecule has 1 fully saturated rings. The van der Waals surface area contributed by atoms with Crippen molar-refractivity contribution in [3.8, 4) is 11.1 Å². The van der Waals surface area contributed by atoms with Crippen LogP contribution in [-0.4, -0.2) is 41.8 Å². The molecule has 0 aromatic heterocycles. The molecule has 0 heterocycles. The van der Waals surface area contributed by atoms with Gasteiger partial charge in [-0.15, -0.1) is 0 Å². The van der Waals surface area contributed by atoms with Crippen LogP contribution in [0.4, 0.5) is 4.79 Å². The van der Waals surface area contributed by atoms with E-state index in [1.807, 2.05) is 36.4 Å². The van der Waals surface area contributed by atoms with Crippen LogP contribution >= 0.6 is 0 Å². The van der Waals surface area contributed by atoms with Crippen molar-refractivity contribution in [2.24, 2.45) is 5.92 Å². The predicted octanol–water partition coefficient (Wildman–Crippen LogP) is 3.28. The van der Waals surface area contributed by atoms with Crippen molar-refractivity contribution >= 4 is 18.0 Å². The van der Waals surface area contributed by atoms with Gasteiger partial charge in [-0.2, -0.15) is 0 Å². The fraction of sp³-hybridized carbons (Fsp3) is 0.375. The molecule has 4 rings (SSSR count). The summed E-state index contributed by atoms with van der Waals surface area (Å²) >= 11 is 0. The first-order valence-corrected chi connectivity index (χ1v) is 10.6. The highest BCUT2D eigenvalue weighted by Gasteiger charge is 2.32. The Balaban J connectivity index is 1.30. The van der Waals surface area contributed by atoms with Crippen LogP contribution in [0, 0.1) is 5.92 Å². The van der Waals surface area contributed by atoms with Crippen LogP contribution in [0.15, 0.2) is 48.5 Å². The first kappa shape index (κ1) is 20.9. The van der Waals surface area contributed by atoms with E-state index in [4.69, 9.17) is 9.84 Å². The SMILES string of the molecule is C[C@H](NC(=O)OCC1c2ccccc2-c2ccccc21)C(=O)N[C@@H]1CC[C@H](C(=O)O)C1. The monoisotopic (exact) mass is 422 g/mol. The fourth-order valence-electron chi connectivity index (χ4n) is 4.55. The standard InChI is InChI=1S/C24H26N2O5/c1-14(22(27)26-16-11-10-15(12-16)23(28)29)25-24(30)31-13-21-19-8-4-2-6-17(19)18-7-3-5-9-20(18)21/h2-9,14-16,21H,10-13H2,1H3,(H,25,30)(H,26,27)(H,28,29)/t14-,15-,16+/m0/s1. The van der Waals surface area contributed by atoms with Crippen LogP contribution in [-0.2, 0) is 14.3 Å². The lowest BCUT2D eigenvalue weighted by Crippen LogP contribution is -2.47. The molecule has 7 nitrogen and oxygen atoms in total. The van der Waals surface area contributed by atoms with E-state index in [2.05, 4.69) is 22.8 Å². The van der Waals surface area contributed by atoms with Crippen molar-refractivity contribution in [1.29, 1.82) is 0 Å². The maximum atomic E-state index is 12.4. The van der Waals surface area contributed by atoms with Crippen LogP contribution in [0.3, 0.4) is 0 Å². The quantitative estimate of drug-likeness (QED) is 0.663. The second-order valence-electron chi connectivity index (χ2n) is 8.25. The lowest BCUT2D eigenvalue weighted by molar-refractivity contribution is -0.141. The van der Waals surface area contributed by atoms with Gasteiger partial charge in [-0.3, -0.25) is 9.59 Å². The second kappa shape index (κ2) is 8.79. The molecule has 162 valence electrons. The van der Waals surface area contributed by atoms with E-state index in [1.165, 1.54) is 0 Å². The largest absolute Gasteiger partial charge is 0.481 e. The minimum Gasteiger partial charge on any atom is -0.481 e. The van der Waals surface area contributed by atoms with Gasteiger partial charge in [-0.05, 0) is 48.4 Å². The Bertz CT molecular complexity index is 959. The number of alkyl carbamates (subject to hydrolysis) is 1. The zero-order valence-electron chi connectivity index (χ0n) is 17.3. The number of hydrogen-bond donors (Lipinski definition) is 3. The Hall–Kier alpha value is -3.35. The number of amides is 2. The van der Waals surface area contributed by atoms with Crippen LogP contribution in [0.2, 0.25) is 0 Å². The molecule has 2 aliphatic carbocycles. The number of carboxylic acid groups (broad SMARTS) is 1. The van der Waals surface area contributed by atoms with Gasteiger partial charge in [0.2, 0.25) is 5.91 Å². The molecule has 31 heavy (non-hydrogen) atoms. The topological polar surface area (TPSA) is 105 Å². The van der Waals surface area contributed by atoms with Crippen molar-refractivity contribution in [2.75, 3.05) is 6.61 Å². The molecule has 3 N–H and O–H groups in total. The third-order valence-corrected chi connectivity index (χ3v) is 6.20. The number of aliphatic carboxylic acids is 1. The van der Waals surface area contributed by atoms with Crippen LogP contribution < -0.4 is 10.6 Å². The molecule has 3 atom stereocenters. The van der Waals surface area contributed by atoms with E-state index in [0.29, 0.717) is 19.3 Å². The molecule has 0 saturated heterocycles. The maximum Gasteiger partial charge on any atom is 0.407 e. The maximum absolute atomic E-state index is 12.4. The van der Waals surface area contributed by atoms with Crippen molar-refractivity contribution in [2.45, 2.75) is 44.2 Å². The molecule has 0 unspecified atom stereocenters. The number of carbonyl (C=O) groups excluding carboxylic acids is 2. The lowest BCUT2D eigenvalue weighted by atomic mass is 9.98.